The zero-order chi connectivity index (χ0) is 7.94. The second-order valence-corrected chi connectivity index (χ2v) is 1.94. The van der Waals surface area contributed by atoms with Gasteiger partial charge in [-0.15, -0.1) is 5.92 Å². The van der Waals surface area contributed by atoms with Crippen LogP contribution in [0.3, 0.4) is 0 Å². The Hall–Kier alpha value is -1.42. The van der Waals surface area contributed by atoms with Gasteiger partial charge in [-0.1, -0.05) is 24.1 Å². The fraction of sp³-hybridized carbons (Fsp3) is 0.200. The average molecular weight is 145 g/mol. The lowest BCUT2D eigenvalue weighted by molar-refractivity contribution is 0.369. The maximum atomic E-state index is 5.22. The van der Waals surface area contributed by atoms with Crippen LogP contribution in [0.2, 0.25) is 0 Å². The van der Waals surface area contributed by atoms with Gasteiger partial charge in [0.05, 0.1) is 0 Å². The summed E-state index contributed by atoms with van der Waals surface area (Å²) in [6.07, 6.45) is 0. The average Bonchev–Trinajstić information content (AvgIpc) is 2.07. The van der Waals surface area contributed by atoms with Gasteiger partial charge in [-0.3, -0.25) is 0 Å². The summed E-state index contributed by atoms with van der Waals surface area (Å²) in [7, 11) is 0. The van der Waals surface area contributed by atoms with Gasteiger partial charge in [0.2, 0.25) is 0 Å². The molecule has 1 heteroatoms. The summed E-state index contributed by atoms with van der Waals surface area (Å²) in [5.41, 5.74) is 0. The van der Waals surface area contributed by atoms with Crippen molar-refractivity contribution in [1.82, 2.24) is 0 Å². The van der Waals surface area contributed by atoms with Crippen LogP contribution < -0.4 is 4.74 Å². The fourth-order valence-corrected chi connectivity index (χ4v) is 0.653. The fourth-order valence-electron chi connectivity index (χ4n) is 0.653. The van der Waals surface area contributed by atoms with Gasteiger partial charge in [-0.25, -0.2) is 0 Å². The molecule has 0 aromatic heterocycles. The van der Waals surface area contributed by atoms with E-state index in [1.165, 1.54) is 0 Å². The van der Waals surface area contributed by atoms with Crippen LogP contribution in [-0.4, -0.2) is 6.61 Å². The molecular formula is C10H9O. The summed E-state index contributed by atoms with van der Waals surface area (Å²) >= 11 is 0. The van der Waals surface area contributed by atoms with E-state index in [9.17, 15) is 0 Å². The monoisotopic (exact) mass is 145 g/mol. The minimum Gasteiger partial charge on any atom is -0.480 e. The molecule has 55 valence electrons. The normalized spacial score (nSPS) is 8.09. The molecule has 0 heterocycles. The van der Waals surface area contributed by atoms with Gasteiger partial charge in [0, 0.05) is 6.07 Å². The molecule has 0 aliphatic heterocycles. The highest BCUT2D eigenvalue weighted by molar-refractivity contribution is 5.19. The number of hydrogen-bond donors (Lipinski definition) is 0. The molecule has 0 N–H and O–H groups in total. The van der Waals surface area contributed by atoms with Crippen LogP contribution in [0.4, 0.5) is 0 Å². The maximum Gasteiger partial charge on any atom is 0.149 e. The van der Waals surface area contributed by atoms with Gasteiger partial charge in [-0.2, -0.15) is 0 Å². The Bertz CT molecular complexity index is 253. The van der Waals surface area contributed by atoms with E-state index in [0.717, 1.165) is 5.75 Å². The van der Waals surface area contributed by atoms with Crippen LogP contribution in [-0.2, 0) is 0 Å². The van der Waals surface area contributed by atoms with Crippen molar-refractivity contribution in [1.29, 1.82) is 0 Å². The second-order valence-electron chi connectivity index (χ2n) is 1.94. The summed E-state index contributed by atoms with van der Waals surface area (Å²) < 4.78 is 5.22. The molecule has 0 amide bonds. The third-order valence-corrected chi connectivity index (χ3v) is 1.16. The summed E-state index contributed by atoms with van der Waals surface area (Å²) in [6, 6.07) is 10.4. The van der Waals surface area contributed by atoms with E-state index in [4.69, 9.17) is 4.74 Å². The molecule has 1 nitrogen and oxygen atoms in total. The zero-order valence-corrected chi connectivity index (χ0v) is 6.42. The number of hydrogen-bond acceptors (Lipinski definition) is 1. The highest BCUT2D eigenvalue weighted by Gasteiger charge is 1.86. The predicted octanol–water partition coefficient (Wildman–Crippen LogP) is 1.89. The van der Waals surface area contributed by atoms with Crippen molar-refractivity contribution in [3.8, 4) is 17.6 Å². The molecule has 0 aliphatic carbocycles. The summed E-state index contributed by atoms with van der Waals surface area (Å²) in [5, 5.41) is 0. The lowest BCUT2D eigenvalue weighted by atomic mass is 10.3. The Morgan fingerprint density at radius 1 is 1.55 bits per heavy atom. The Balaban J connectivity index is 2.43. The van der Waals surface area contributed by atoms with Gasteiger partial charge in [0.25, 0.3) is 0 Å². The van der Waals surface area contributed by atoms with Crippen molar-refractivity contribution in [2.45, 2.75) is 6.92 Å². The van der Waals surface area contributed by atoms with Crippen molar-refractivity contribution >= 4 is 0 Å². The molecule has 0 saturated carbocycles. The Morgan fingerprint density at radius 2 is 2.45 bits per heavy atom. The van der Waals surface area contributed by atoms with Crippen LogP contribution in [0, 0.1) is 17.9 Å². The molecular weight excluding hydrogens is 136 g/mol. The largest absolute Gasteiger partial charge is 0.480 e. The third kappa shape index (κ3) is 2.77. The minimum atomic E-state index is 0.441. The van der Waals surface area contributed by atoms with E-state index in [0.29, 0.717) is 6.61 Å². The molecule has 1 aromatic rings. The molecule has 1 aromatic carbocycles. The minimum absolute atomic E-state index is 0.441. The van der Waals surface area contributed by atoms with Gasteiger partial charge < -0.3 is 4.74 Å². The first-order valence-corrected chi connectivity index (χ1v) is 3.42. The van der Waals surface area contributed by atoms with Crippen molar-refractivity contribution in [2.24, 2.45) is 0 Å². The summed E-state index contributed by atoms with van der Waals surface area (Å²) in [6.45, 7) is 2.23. The molecule has 0 bridgehead atoms. The first-order valence-electron chi connectivity index (χ1n) is 3.42. The first-order chi connectivity index (χ1) is 5.43. The first kappa shape index (κ1) is 7.68. The number of rotatable bonds is 2. The highest BCUT2D eigenvalue weighted by Crippen LogP contribution is 2.05. The third-order valence-electron chi connectivity index (χ3n) is 1.16. The zero-order valence-electron chi connectivity index (χ0n) is 6.42. The van der Waals surface area contributed by atoms with E-state index < -0.39 is 0 Å². The Kier molecular flexibility index (Phi) is 3.08. The van der Waals surface area contributed by atoms with Crippen LogP contribution in [0.15, 0.2) is 24.3 Å². The topological polar surface area (TPSA) is 9.23 Å². The second kappa shape index (κ2) is 4.40. The molecule has 0 saturated heterocycles. The summed E-state index contributed by atoms with van der Waals surface area (Å²) in [4.78, 5) is 0. The van der Waals surface area contributed by atoms with Gasteiger partial charge in [0.1, 0.15) is 12.4 Å². The molecule has 0 fully saturated rings. The molecule has 1 rings (SSSR count). The van der Waals surface area contributed by atoms with E-state index in [1.807, 2.05) is 24.3 Å². The van der Waals surface area contributed by atoms with Gasteiger partial charge in [0.15, 0.2) is 0 Å². The molecule has 0 unspecified atom stereocenters. The van der Waals surface area contributed by atoms with Crippen molar-refractivity contribution in [3.05, 3.63) is 30.3 Å². The van der Waals surface area contributed by atoms with Crippen LogP contribution in [0.25, 0.3) is 0 Å². The SMILES string of the molecule is CC#CCOc1[c]cccc1. The predicted molar refractivity (Wildman–Crippen MR) is 44.2 cm³/mol. The van der Waals surface area contributed by atoms with E-state index in [-0.39, 0.29) is 0 Å². The number of ether oxygens (including phenoxy) is 1. The lowest BCUT2D eigenvalue weighted by Crippen LogP contribution is -1.92. The number of para-hydroxylation sites is 1. The standard InChI is InChI=1S/C10H9O/c1-2-3-9-11-10-7-5-4-6-8-10/h4-7H,9H2,1H3. The van der Waals surface area contributed by atoms with Crippen LogP contribution in [0.5, 0.6) is 5.75 Å². The Labute approximate surface area is 67.0 Å². The van der Waals surface area contributed by atoms with Gasteiger partial charge >= 0.3 is 0 Å². The Morgan fingerprint density at radius 3 is 3.09 bits per heavy atom. The maximum absolute atomic E-state index is 5.22. The smallest absolute Gasteiger partial charge is 0.149 e. The van der Waals surface area contributed by atoms with Crippen LogP contribution >= 0.6 is 0 Å². The van der Waals surface area contributed by atoms with Crippen molar-refractivity contribution < 1.29 is 4.74 Å². The van der Waals surface area contributed by atoms with E-state index in [2.05, 4.69) is 17.9 Å². The molecule has 0 atom stereocenters. The summed E-state index contributed by atoms with van der Waals surface area (Å²) in [5.74, 6) is 6.30. The molecule has 0 spiro atoms. The van der Waals surface area contributed by atoms with E-state index >= 15 is 0 Å². The van der Waals surface area contributed by atoms with E-state index in [1.54, 1.807) is 6.92 Å². The van der Waals surface area contributed by atoms with Crippen LogP contribution in [0.1, 0.15) is 6.92 Å². The molecule has 11 heavy (non-hydrogen) atoms. The lowest BCUT2D eigenvalue weighted by Gasteiger charge is -1.98. The highest BCUT2D eigenvalue weighted by atomic mass is 16.5. The molecule has 0 aliphatic rings. The number of benzene rings is 1. The quantitative estimate of drug-likeness (QED) is 0.577. The van der Waals surface area contributed by atoms with Crippen molar-refractivity contribution in [3.63, 3.8) is 0 Å². The molecule has 1 radical (unpaired) electrons. The van der Waals surface area contributed by atoms with Gasteiger partial charge in [-0.05, 0) is 13.0 Å². The van der Waals surface area contributed by atoms with Crippen molar-refractivity contribution in [2.75, 3.05) is 6.61 Å².